The Morgan fingerprint density at radius 1 is 1.31 bits per heavy atom. The number of halogens is 2. The van der Waals surface area contributed by atoms with E-state index >= 15 is 0 Å². The first kappa shape index (κ1) is 13.1. The highest BCUT2D eigenvalue weighted by Crippen LogP contribution is 2.29. The van der Waals surface area contributed by atoms with Crippen LogP contribution in [0.5, 0.6) is 0 Å². The zero-order valence-corrected chi connectivity index (χ0v) is 9.62. The molecular weight excluding hydrogens is 211 g/mol. The maximum Gasteiger partial charge on any atom is 0.342 e. The van der Waals surface area contributed by atoms with Gasteiger partial charge in [-0.1, -0.05) is 43.0 Å². The summed E-state index contributed by atoms with van der Waals surface area (Å²) in [5, 5.41) is 0. The maximum absolute atomic E-state index is 11.2. The molecule has 0 aromatic heterocycles. The summed E-state index contributed by atoms with van der Waals surface area (Å²) in [5.74, 6) is -0.533. The van der Waals surface area contributed by atoms with Crippen molar-refractivity contribution in [2.45, 2.75) is 43.9 Å². The summed E-state index contributed by atoms with van der Waals surface area (Å²) in [5.41, 5.74) is 0. The van der Waals surface area contributed by atoms with Gasteiger partial charge in [0.25, 0.3) is 0 Å². The summed E-state index contributed by atoms with van der Waals surface area (Å²) < 4.78 is 3.38. The Bertz CT molecular complexity index is 158. The average Bonchev–Trinajstić information content (AvgIpc) is 2.05. The number of carbonyl (C=O) groups excluding carboxylic acids is 1. The molecule has 78 valence electrons. The lowest BCUT2D eigenvalue weighted by Crippen LogP contribution is -2.28. The van der Waals surface area contributed by atoms with Crippen LogP contribution in [0.3, 0.4) is 0 Å². The van der Waals surface area contributed by atoms with E-state index in [1.807, 2.05) is 0 Å². The Morgan fingerprint density at radius 3 is 2.38 bits per heavy atom. The van der Waals surface area contributed by atoms with Gasteiger partial charge < -0.3 is 4.74 Å². The van der Waals surface area contributed by atoms with Gasteiger partial charge in [0.2, 0.25) is 4.33 Å². The standard InChI is InChI=1S/C9H16Cl2O2/c1-3-5-6-7-9(10,11)8(12)13-4-2/h3-7H2,1-2H3. The van der Waals surface area contributed by atoms with Gasteiger partial charge in [-0.15, -0.1) is 0 Å². The van der Waals surface area contributed by atoms with Gasteiger partial charge in [-0.25, -0.2) is 4.79 Å². The molecule has 0 aliphatic carbocycles. The average molecular weight is 227 g/mol. The molecule has 0 N–H and O–H groups in total. The monoisotopic (exact) mass is 226 g/mol. The van der Waals surface area contributed by atoms with Crippen LogP contribution in [-0.4, -0.2) is 16.9 Å². The van der Waals surface area contributed by atoms with Crippen LogP contribution in [0.15, 0.2) is 0 Å². The summed E-state index contributed by atoms with van der Waals surface area (Å²) >= 11 is 11.6. The van der Waals surface area contributed by atoms with Crippen molar-refractivity contribution in [1.29, 1.82) is 0 Å². The lowest BCUT2D eigenvalue weighted by atomic mass is 10.1. The zero-order chi connectivity index (χ0) is 10.3. The Kier molecular flexibility index (Phi) is 6.52. The summed E-state index contributed by atoms with van der Waals surface area (Å²) in [7, 11) is 0. The SMILES string of the molecule is CCCCCC(Cl)(Cl)C(=O)OCC. The number of hydrogen-bond donors (Lipinski definition) is 0. The van der Waals surface area contributed by atoms with Crippen LogP contribution in [0.1, 0.15) is 39.5 Å². The quantitative estimate of drug-likeness (QED) is 0.395. The number of carbonyl (C=O) groups is 1. The maximum atomic E-state index is 11.2. The molecule has 0 atom stereocenters. The molecule has 0 spiro atoms. The van der Waals surface area contributed by atoms with Crippen molar-refractivity contribution in [3.8, 4) is 0 Å². The molecule has 4 heteroatoms. The summed E-state index contributed by atoms with van der Waals surface area (Å²) in [4.78, 5) is 11.2. The van der Waals surface area contributed by atoms with E-state index < -0.39 is 10.3 Å². The second kappa shape index (κ2) is 6.50. The van der Waals surface area contributed by atoms with Gasteiger partial charge in [-0.2, -0.15) is 0 Å². The molecule has 0 aliphatic heterocycles. The summed E-state index contributed by atoms with van der Waals surface area (Å²) in [6, 6.07) is 0. The summed E-state index contributed by atoms with van der Waals surface area (Å²) in [6.45, 7) is 4.12. The van der Waals surface area contributed by atoms with Gasteiger partial charge in [-0.3, -0.25) is 0 Å². The second-order valence-electron chi connectivity index (χ2n) is 2.88. The van der Waals surface area contributed by atoms with Gasteiger partial charge in [0, 0.05) is 0 Å². The van der Waals surface area contributed by atoms with E-state index in [2.05, 4.69) is 6.92 Å². The molecule has 0 aliphatic rings. The van der Waals surface area contributed by atoms with E-state index in [9.17, 15) is 4.79 Å². The van der Waals surface area contributed by atoms with Gasteiger partial charge >= 0.3 is 5.97 Å². The van der Waals surface area contributed by atoms with E-state index in [0.29, 0.717) is 13.0 Å². The van der Waals surface area contributed by atoms with Gasteiger partial charge in [0.15, 0.2) is 0 Å². The zero-order valence-electron chi connectivity index (χ0n) is 8.11. The molecule has 0 bridgehead atoms. The first-order valence-corrected chi connectivity index (χ1v) is 5.35. The number of ether oxygens (including phenoxy) is 1. The molecule has 0 radical (unpaired) electrons. The largest absolute Gasteiger partial charge is 0.464 e. The highest BCUT2D eigenvalue weighted by molar-refractivity contribution is 6.57. The Morgan fingerprint density at radius 2 is 1.92 bits per heavy atom. The van der Waals surface area contributed by atoms with Crippen LogP contribution in [-0.2, 0) is 9.53 Å². The number of unbranched alkanes of at least 4 members (excludes halogenated alkanes) is 2. The molecule has 0 fully saturated rings. The van der Waals surface area contributed by atoms with Crippen LogP contribution >= 0.6 is 23.2 Å². The predicted octanol–water partition coefficient (Wildman–Crippen LogP) is 3.30. The fraction of sp³-hybridized carbons (Fsp3) is 0.889. The molecule has 0 unspecified atom stereocenters. The second-order valence-corrected chi connectivity index (χ2v) is 4.37. The van der Waals surface area contributed by atoms with Crippen LogP contribution < -0.4 is 0 Å². The van der Waals surface area contributed by atoms with E-state index in [0.717, 1.165) is 19.3 Å². The van der Waals surface area contributed by atoms with Gasteiger partial charge in [0.05, 0.1) is 6.61 Å². The lowest BCUT2D eigenvalue weighted by Gasteiger charge is -2.16. The van der Waals surface area contributed by atoms with E-state index in [4.69, 9.17) is 27.9 Å². The first-order valence-electron chi connectivity index (χ1n) is 4.59. The molecule has 13 heavy (non-hydrogen) atoms. The minimum atomic E-state index is -1.36. The van der Waals surface area contributed by atoms with Crippen molar-refractivity contribution in [3.05, 3.63) is 0 Å². The minimum Gasteiger partial charge on any atom is -0.464 e. The molecule has 0 saturated carbocycles. The smallest absolute Gasteiger partial charge is 0.342 e. The molecule has 0 rings (SSSR count). The van der Waals surface area contributed by atoms with Crippen molar-refractivity contribution < 1.29 is 9.53 Å². The van der Waals surface area contributed by atoms with Crippen molar-refractivity contribution in [2.75, 3.05) is 6.61 Å². The van der Waals surface area contributed by atoms with Gasteiger partial charge in [-0.05, 0) is 19.8 Å². The third-order valence-corrected chi connectivity index (χ3v) is 2.35. The summed E-state index contributed by atoms with van der Waals surface area (Å²) in [6.07, 6.45) is 3.42. The van der Waals surface area contributed by atoms with Crippen molar-refractivity contribution >= 4 is 29.2 Å². The Hall–Kier alpha value is 0.0500. The Balaban J connectivity index is 3.83. The third-order valence-electron chi connectivity index (χ3n) is 1.67. The van der Waals surface area contributed by atoms with Crippen LogP contribution in [0.25, 0.3) is 0 Å². The topological polar surface area (TPSA) is 26.3 Å². The van der Waals surface area contributed by atoms with Crippen LogP contribution in [0.2, 0.25) is 0 Å². The van der Waals surface area contributed by atoms with E-state index in [1.54, 1.807) is 6.92 Å². The highest BCUT2D eigenvalue weighted by atomic mass is 35.5. The van der Waals surface area contributed by atoms with Crippen molar-refractivity contribution in [3.63, 3.8) is 0 Å². The fourth-order valence-electron chi connectivity index (χ4n) is 0.936. The van der Waals surface area contributed by atoms with E-state index in [-0.39, 0.29) is 0 Å². The van der Waals surface area contributed by atoms with E-state index in [1.165, 1.54) is 0 Å². The number of alkyl halides is 2. The minimum absolute atomic E-state index is 0.313. The number of hydrogen-bond acceptors (Lipinski definition) is 2. The normalized spacial score (nSPS) is 11.4. The molecule has 2 nitrogen and oxygen atoms in total. The molecule has 0 heterocycles. The Labute approximate surface area is 89.5 Å². The van der Waals surface area contributed by atoms with Crippen LogP contribution in [0.4, 0.5) is 0 Å². The van der Waals surface area contributed by atoms with Crippen molar-refractivity contribution in [1.82, 2.24) is 0 Å². The predicted molar refractivity (Wildman–Crippen MR) is 55.2 cm³/mol. The number of esters is 1. The third kappa shape index (κ3) is 5.37. The molecule has 0 saturated heterocycles. The molecule has 0 aromatic rings. The molecule has 0 amide bonds. The highest BCUT2D eigenvalue weighted by Gasteiger charge is 2.34. The van der Waals surface area contributed by atoms with Gasteiger partial charge in [0.1, 0.15) is 0 Å². The lowest BCUT2D eigenvalue weighted by molar-refractivity contribution is -0.144. The first-order chi connectivity index (χ1) is 6.04. The van der Waals surface area contributed by atoms with Crippen molar-refractivity contribution in [2.24, 2.45) is 0 Å². The molecule has 0 aromatic carbocycles. The molecular formula is C9H16Cl2O2. The fourth-order valence-corrected chi connectivity index (χ4v) is 1.31. The van der Waals surface area contributed by atoms with Crippen LogP contribution in [0, 0.1) is 0 Å². The number of rotatable bonds is 6.